The summed E-state index contributed by atoms with van der Waals surface area (Å²) in [6.45, 7) is 0.562. The number of hydrogen-bond acceptors (Lipinski definition) is 6. The van der Waals surface area contributed by atoms with Gasteiger partial charge in [-0.3, -0.25) is 4.79 Å². The molecule has 0 atom stereocenters. The third-order valence-electron chi connectivity index (χ3n) is 5.09. The molecular weight excluding hydrogens is 458 g/mol. The number of carbonyl (C=O) groups excluding carboxylic acids is 1. The van der Waals surface area contributed by atoms with Gasteiger partial charge in [0.2, 0.25) is 5.91 Å². The van der Waals surface area contributed by atoms with E-state index in [9.17, 15) is 13.2 Å². The number of carbonyl (C=O) groups is 1. The van der Waals surface area contributed by atoms with Crippen molar-refractivity contribution in [3.05, 3.63) is 46.6 Å². The van der Waals surface area contributed by atoms with Crippen LogP contribution in [0.15, 0.2) is 40.6 Å². The Hall–Kier alpha value is -2.27. The van der Waals surface area contributed by atoms with E-state index in [2.05, 4.69) is 20.1 Å². The van der Waals surface area contributed by atoms with Gasteiger partial charge in [0, 0.05) is 31.3 Å². The average molecular weight is 480 g/mol. The van der Waals surface area contributed by atoms with Crippen molar-refractivity contribution in [1.29, 1.82) is 0 Å². The first-order valence-corrected chi connectivity index (χ1v) is 12.5. The molecule has 1 amide bonds. The maximum atomic E-state index is 12.6. The standard InChI is InChI=1S/C20H22ClN5O3S2/c1-25(31(28,29)19-10-9-16(21)30-19)13-18(27)22-15-7-5-6-14(12-15)20-24-23-17-8-3-2-4-11-26(17)20/h5-7,9-10,12H,2-4,8,11,13H2,1H3,(H,22,27). The number of likely N-dealkylation sites (N-methyl/N-ethyl adjacent to an activating group) is 1. The number of aromatic nitrogens is 3. The normalized spacial score (nSPS) is 14.3. The summed E-state index contributed by atoms with van der Waals surface area (Å²) < 4.78 is 28.8. The fourth-order valence-corrected chi connectivity index (χ4v) is 6.33. The molecule has 0 saturated heterocycles. The van der Waals surface area contributed by atoms with Crippen LogP contribution in [0.4, 0.5) is 5.69 Å². The number of hydrogen-bond donors (Lipinski definition) is 1. The van der Waals surface area contributed by atoms with E-state index in [1.807, 2.05) is 18.2 Å². The van der Waals surface area contributed by atoms with Gasteiger partial charge in [-0.25, -0.2) is 8.42 Å². The Morgan fingerprint density at radius 1 is 1.23 bits per heavy atom. The van der Waals surface area contributed by atoms with E-state index in [0.29, 0.717) is 10.0 Å². The van der Waals surface area contributed by atoms with E-state index in [0.717, 1.165) is 58.7 Å². The van der Waals surface area contributed by atoms with Crippen molar-refractivity contribution in [3.8, 4) is 11.4 Å². The summed E-state index contributed by atoms with van der Waals surface area (Å²) in [6.07, 6.45) is 4.29. The Kier molecular flexibility index (Phi) is 6.42. The fourth-order valence-electron chi connectivity index (χ4n) is 3.51. The minimum Gasteiger partial charge on any atom is -0.325 e. The van der Waals surface area contributed by atoms with Crippen LogP contribution >= 0.6 is 22.9 Å². The smallest absolute Gasteiger partial charge is 0.252 e. The second-order valence-electron chi connectivity index (χ2n) is 7.35. The fraction of sp³-hybridized carbons (Fsp3) is 0.350. The molecule has 4 rings (SSSR count). The van der Waals surface area contributed by atoms with Gasteiger partial charge in [0.15, 0.2) is 5.82 Å². The Bertz CT molecular complexity index is 1210. The van der Waals surface area contributed by atoms with E-state index in [4.69, 9.17) is 11.6 Å². The number of aryl methyl sites for hydroxylation is 1. The van der Waals surface area contributed by atoms with Gasteiger partial charge >= 0.3 is 0 Å². The van der Waals surface area contributed by atoms with Crippen molar-refractivity contribution in [2.45, 2.75) is 36.4 Å². The zero-order valence-corrected chi connectivity index (χ0v) is 19.3. The van der Waals surface area contributed by atoms with Gasteiger partial charge in [-0.1, -0.05) is 30.2 Å². The minimum absolute atomic E-state index is 0.0993. The first kappa shape index (κ1) is 21.9. The summed E-state index contributed by atoms with van der Waals surface area (Å²) in [6, 6.07) is 10.3. The second-order valence-corrected chi connectivity index (χ2v) is 11.3. The number of anilines is 1. The Labute approximate surface area is 189 Å². The van der Waals surface area contributed by atoms with Crippen molar-refractivity contribution in [2.24, 2.45) is 0 Å². The first-order valence-electron chi connectivity index (χ1n) is 9.88. The topological polar surface area (TPSA) is 97.2 Å². The predicted molar refractivity (Wildman–Crippen MR) is 121 cm³/mol. The largest absolute Gasteiger partial charge is 0.325 e. The van der Waals surface area contributed by atoms with Gasteiger partial charge in [-0.15, -0.1) is 21.5 Å². The van der Waals surface area contributed by atoms with Gasteiger partial charge in [0.1, 0.15) is 10.0 Å². The highest BCUT2D eigenvalue weighted by molar-refractivity contribution is 7.91. The van der Waals surface area contributed by atoms with Crippen LogP contribution in [0.1, 0.15) is 25.1 Å². The molecule has 2 aromatic heterocycles. The molecule has 8 nitrogen and oxygen atoms in total. The van der Waals surface area contributed by atoms with Crippen LogP contribution in [0.25, 0.3) is 11.4 Å². The highest BCUT2D eigenvalue weighted by Crippen LogP contribution is 2.28. The molecule has 1 aliphatic heterocycles. The van der Waals surface area contributed by atoms with Crippen molar-refractivity contribution in [1.82, 2.24) is 19.1 Å². The van der Waals surface area contributed by atoms with Gasteiger partial charge in [-0.2, -0.15) is 4.31 Å². The van der Waals surface area contributed by atoms with Crippen molar-refractivity contribution < 1.29 is 13.2 Å². The summed E-state index contributed by atoms with van der Waals surface area (Å²) in [5.74, 6) is 1.33. The first-order chi connectivity index (χ1) is 14.8. The number of fused-ring (bicyclic) bond motifs is 1. The van der Waals surface area contributed by atoms with E-state index in [1.165, 1.54) is 25.6 Å². The lowest BCUT2D eigenvalue weighted by atomic mass is 10.2. The molecule has 0 radical (unpaired) electrons. The molecule has 0 bridgehead atoms. The molecule has 31 heavy (non-hydrogen) atoms. The van der Waals surface area contributed by atoms with E-state index < -0.39 is 15.9 Å². The molecule has 11 heteroatoms. The van der Waals surface area contributed by atoms with Crippen LogP contribution in [0.3, 0.4) is 0 Å². The highest BCUT2D eigenvalue weighted by atomic mass is 35.5. The lowest BCUT2D eigenvalue weighted by molar-refractivity contribution is -0.116. The Balaban J connectivity index is 1.47. The number of rotatable bonds is 6. The third kappa shape index (κ3) is 4.82. The van der Waals surface area contributed by atoms with Crippen molar-refractivity contribution in [3.63, 3.8) is 0 Å². The molecule has 3 aromatic rings. The van der Waals surface area contributed by atoms with Gasteiger partial charge in [0.25, 0.3) is 10.0 Å². The molecule has 0 fully saturated rings. The summed E-state index contributed by atoms with van der Waals surface area (Å²) in [7, 11) is -2.41. The van der Waals surface area contributed by atoms with Crippen LogP contribution in [-0.4, -0.2) is 47.0 Å². The molecule has 0 aliphatic carbocycles. The molecule has 3 heterocycles. The average Bonchev–Trinajstić information content (AvgIpc) is 3.28. The zero-order chi connectivity index (χ0) is 22.0. The van der Waals surface area contributed by atoms with Crippen LogP contribution in [0, 0.1) is 0 Å². The van der Waals surface area contributed by atoms with Crippen LogP contribution in [-0.2, 0) is 27.8 Å². The van der Waals surface area contributed by atoms with E-state index in [1.54, 1.807) is 6.07 Å². The maximum absolute atomic E-state index is 12.6. The number of thiophene rings is 1. The summed E-state index contributed by atoms with van der Waals surface area (Å²) in [5, 5.41) is 11.4. The molecule has 0 spiro atoms. The quantitative estimate of drug-likeness (QED) is 0.582. The lowest BCUT2D eigenvalue weighted by Crippen LogP contribution is -2.34. The Morgan fingerprint density at radius 2 is 2.06 bits per heavy atom. The van der Waals surface area contributed by atoms with Crippen LogP contribution in [0.2, 0.25) is 4.34 Å². The zero-order valence-electron chi connectivity index (χ0n) is 16.9. The predicted octanol–water partition coefficient (Wildman–Crippen LogP) is 3.65. The molecule has 0 unspecified atom stereocenters. The molecule has 164 valence electrons. The molecular formula is C20H22ClN5O3S2. The van der Waals surface area contributed by atoms with Gasteiger partial charge in [-0.05, 0) is 37.1 Å². The number of benzene rings is 1. The van der Waals surface area contributed by atoms with Crippen molar-refractivity contribution >= 4 is 44.6 Å². The highest BCUT2D eigenvalue weighted by Gasteiger charge is 2.25. The van der Waals surface area contributed by atoms with Gasteiger partial charge in [0.05, 0.1) is 10.9 Å². The Morgan fingerprint density at radius 3 is 2.84 bits per heavy atom. The number of amides is 1. The van der Waals surface area contributed by atoms with Gasteiger partial charge < -0.3 is 9.88 Å². The molecule has 1 aromatic carbocycles. The maximum Gasteiger partial charge on any atom is 0.252 e. The number of nitrogens with zero attached hydrogens (tertiary/aromatic N) is 4. The molecule has 1 N–H and O–H groups in total. The third-order valence-corrected chi connectivity index (χ3v) is 8.60. The van der Waals surface area contributed by atoms with Crippen LogP contribution in [0.5, 0.6) is 0 Å². The molecule has 1 aliphatic rings. The number of halogens is 1. The summed E-state index contributed by atoms with van der Waals surface area (Å²) >= 11 is 6.80. The summed E-state index contributed by atoms with van der Waals surface area (Å²) in [5.41, 5.74) is 1.42. The second kappa shape index (κ2) is 9.07. The van der Waals surface area contributed by atoms with Crippen LogP contribution < -0.4 is 5.32 Å². The minimum atomic E-state index is -3.78. The molecule has 0 saturated carbocycles. The number of sulfonamides is 1. The monoisotopic (exact) mass is 479 g/mol. The summed E-state index contributed by atoms with van der Waals surface area (Å²) in [4.78, 5) is 12.5. The lowest BCUT2D eigenvalue weighted by Gasteiger charge is -2.16. The van der Waals surface area contributed by atoms with E-state index in [-0.39, 0.29) is 10.8 Å². The number of nitrogens with one attached hydrogen (secondary N) is 1. The van der Waals surface area contributed by atoms with E-state index >= 15 is 0 Å². The van der Waals surface area contributed by atoms with Crippen molar-refractivity contribution in [2.75, 3.05) is 18.9 Å². The SMILES string of the molecule is CN(CC(=O)Nc1cccc(-c2nnc3n2CCCCC3)c1)S(=O)(=O)c1ccc(Cl)s1.